The van der Waals surface area contributed by atoms with Gasteiger partial charge in [-0.3, -0.25) is 9.80 Å². The lowest BCUT2D eigenvalue weighted by atomic mass is 10.2. The van der Waals surface area contributed by atoms with E-state index in [0.29, 0.717) is 36.4 Å². The molecule has 0 bridgehead atoms. The van der Waals surface area contributed by atoms with E-state index in [9.17, 15) is 4.79 Å². The maximum Gasteiger partial charge on any atom is 0.409 e. The third-order valence-corrected chi connectivity index (χ3v) is 5.18. The van der Waals surface area contributed by atoms with Gasteiger partial charge < -0.3 is 14.2 Å². The van der Waals surface area contributed by atoms with E-state index in [0.717, 1.165) is 44.8 Å². The lowest BCUT2D eigenvalue weighted by molar-refractivity contribution is 0.108. The molecule has 2 fully saturated rings. The van der Waals surface area contributed by atoms with Crippen LogP contribution < -0.4 is 0 Å². The van der Waals surface area contributed by atoms with E-state index < -0.39 is 0 Å². The summed E-state index contributed by atoms with van der Waals surface area (Å²) in [6.45, 7) is 7.25. The second-order valence-corrected chi connectivity index (χ2v) is 7.17. The van der Waals surface area contributed by atoms with Gasteiger partial charge in [-0.05, 0) is 24.3 Å². The second-order valence-electron chi connectivity index (χ2n) is 6.74. The molecule has 2 aliphatic heterocycles. The molecular formula is C18H22ClN5O3. The molecule has 144 valence electrons. The van der Waals surface area contributed by atoms with Gasteiger partial charge in [-0.15, -0.1) is 0 Å². The lowest BCUT2D eigenvalue weighted by Gasteiger charge is -2.34. The van der Waals surface area contributed by atoms with E-state index in [-0.39, 0.29) is 6.09 Å². The molecule has 2 saturated heterocycles. The first-order chi connectivity index (χ1) is 13.2. The fraction of sp³-hybridized carbons (Fsp3) is 0.500. The fourth-order valence-corrected chi connectivity index (χ4v) is 3.41. The van der Waals surface area contributed by atoms with Crippen molar-refractivity contribution in [3.05, 3.63) is 35.2 Å². The molecule has 0 atom stereocenters. The van der Waals surface area contributed by atoms with Crippen LogP contribution in [0.15, 0.2) is 28.8 Å². The lowest BCUT2D eigenvalue weighted by Crippen LogP contribution is -2.48. The number of hydrogen-bond donors (Lipinski definition) is 0. The van der Waals surface area contributed by atoms with Crippen molar-refractivity contribution >= 4 is 17.7 Å². The first-order valence-electron chi connectivity index (χ1n) is 9.12. The maximum absolute atomic E-state index is 11.5. The number of hydrogen-bond acceptors (Lipinski definition) is 7. The SMILES string of the molecule is O=C1OCCN1CCN1CCN(Cc2nc(-c3ccc(Cl)cc3)no2)CC1. The minimum atomic E-state index is -0.193. The van der Waals surface area contributed by atoms with E-state index in [2.05, 4.69) is 19.9 Å². The number of carbonyl (C=O) groups is 1. The molecule has 0 N–H and O–H groups in total. The molecule has 4 rings (SSSR count). The third kappa shape index (κ3) is 4.58. The smallest absolute Gasteiger partial charge is 0.409 e. The standard InChI is InChI=1S/C18H22ClN5O3/c19-15-3-1-14(2-4-15)17-20-16(27-21-17)13-23-7-5-22(6-8-23)9-10-24-11-12-26-18(24)25/h1-4H,5-13H2. The molecule has 1 amide bonds. The van der Waals surface area contributed by atoms with Crippen molar-refractivity contribution in [2.75, 3.05) is 52.4 Å². The van der Waals surface area contributed by atoms with Crippen LogP contribution in [0.25, 0.3) is 11.4 Å². The van der Waals surface area contributed by atoms with Gasteiger partial charge in [0.2, 0.25) is 11.7 Å². The molecule has 2 aliphatic rings. The molecule has 0 spiro atoms. The highest BCUT2D eigenvalue weighted by molar-refractivity contribution is 6.30. The van der Waals surface area contributed by atoms with Crippen molar-refractivity contribution in [1.82, 2.24) is 24.8 Å². The van der Waals surface area contributed by atoms with Crippen molar-refractivity contribution < 1.29 is 14.1 Å². The minimum absolute atomic E-state index is 0.193. The second kappa shape index (κ2) is 8.24. The molecule has 2 aromatic rings. The first kappa shape index (κ1) is 18.2. The summed E-state index contributed by atoms with van der Waals surface area (Å²) in [4.78, 5) is 22.4. The van der Waals surface area contributed by atoms with E-state index >= 15 is 0 Å². The van der Waals surface area contributed by atoms with Crippen LogP contribution in [0.4, 0.5) is 4.79 Å². The van der Waals surface area contributed by atoms with Crippen molar-refractivity contribution in [3.8, 4) is 11.4 Å². The van der Waals surface area contributed by atoms with Gasteiger partial charge in [-0.1, -0.05) is 16.8 Å². The van der Waals surface area contributed by atoms with Gasteiger partial charge in [0.1, 0.15) is 6.61 Å². The third-order valence-electron chi connectivity index (χ3n) is 4.93. The van der Waals surface area contributed by atoms with Gasteiger partial charge in [0.05, 0.1) is 13.1 Å². The monoisotopic (exact) mass is 391 g/mol. The number of nitrogens with zero attached hydrogens (tertiary/aromatic N) is 5. The summed E-state index contributed by atoms with van der Waals surface area (Å²) in [6, 6.07) is 7.39. The molecule has 0 saturated carbocycles. The van der Waals surface area contributed by atoms with Gasteiger partial charge in [-0.25, -0.2) is 4.79 Å². The highest BCUT2D eigenvalue weighted by Crippen LogP contribution is 2.19. The molecule has 0 unspecified atom stereocenters. The largest absolute Gasteiger partial charge is 0.448 e. The highest BCUT2D eigenvalue weighted by Gasteiger charge is 2.24. The number of rotatable bonds is 6. The van der Waals surface area contributed by atoms with Crippen LogP contribution in [-0.4, -0.2) is 83.4 Å². The molecule has 8 nitrogen and oxygen atoms in total. The van der Waals surface area contributed by atoms with E-state index in [1.165, 1.54) is 0 Å². The first-order valence-corrected chi connectivity index (χ1v) is 9.50. The molecule has 1 aromatic heterocycles. The van der Waals surface area contributed by atoms with Crippen LogP contribution in [0.3, 0.4) is 0 Å². The Bertz CT molecular complexity index is 774. The van der Waals surface area contributed by atoms with Crippen molar-refractivity contribution in [1.29, 1.82) is 0 Å². The quantitative estimate of drug-likeness (QED) is 0.745. The number of carbonyl (C=O) groups excluding carboxylic acids is 1. The van der Waals surface area contributed by atoms with Gasteiger partial charge in [0, 0.05) is 49.9 Å². The van der Waals surface area contributed by atoms with Crippen LogP contribution in [0, 0.1) is 0 Å². The molecule has 3 heterocycles. The molecule has 0 radical (unpaired) electrons. The predicted molar refractivity (Wildman–Crippen MR) is 99.4 cm³/mol. The predicted octanol–water partition coefficient (Wildman–Crippen LogP) is 1.96. The Hall–Kier alpha value is -2.16. The summed E-state index contributed by atoms with van der Waals surface area (Å²) in [7, 11) is 0. The zero-order valence-electron chi connectivity index (χ0n) is 15.0. The van der Waals surface area contributed by atoms with Crippen LogP contribution >= 0.6 is 11.6 Å². The molecular weight excluding hydrogens is 370 g/mol. The van der Waals surface area contributed by atoms with Gasteiger partial charge in [-0.2, -0.15) is 4.98 Å². The number of halogens is 1. The Balaban J connectivity index is 1.23. The van der Waals surface area contributed by atoms with E-state index in [4.69, 9.17) is 20.9 Å². The zero-order chi connectivity index (χ0) is 18.6. The van der Waals surface area contributed by atoms with Crippen molar-refractivity contribution in [2.45, 2.75) is 6.54 Å². The van der Waals surface area contributed by atoms with Gasteiger partial charge in [0.25, 0.3) is 0 Å². The summed E-state index contributed by atoms with van der Waals surface area (Å²) in [5.41, 5.74) is 0.889. The van der Waals surface area contributed by atoms with E-state index in [1.807, 2.05) is 24.3 Å². The average molecular weight is 392 g/mol. The number of cyclic esters (lactones) is 1. The maximum atomic E-state index is 11.5. The summed E-state index contributed by atoms with van der Waals surface area (Å²) in [5.74, 6) is 1.20. The summed E-state index contributed by atoms with van der Waals surface area (Å²) >= 11 is 5.91. The van der Waals surface area contributed by atoms with Crippen molar-refractivity contribution in [2.24, 2.45) is 0 Å². The molecule has 0 aliphatic carbocycles. The molecule has 9 heteroatoms. The average Bonchev–Trinajstić information content (AvgIpc) is 3.31. The number of benzene rings is 1. The Morgan fingerprint density at radius 3 is 2.44 bits per heavy atom. The Kier molecular flexibility index (Phi) is 5.56. The Labute approximate surface area is 162 Å². The van der Waals surface area contributed by atoms with Crippen LogP contribution in [-0.2, 0) is 11.3 Å². The van der Waals surface area contributed by atoms with Crippen LogP contribution in [0.1, 0.15) is 5.89 Å². The van der Waals surface area contributed by atoms with Crippen molar-refractivity contribution in [3.63, 3.8) is 0 Å². The zero-order valence-corrected chi connectivity index (χ0v) is 15.8. The summed E-state index contributed by atoms with van der Waals surface area (Å²) in [5, 5.41) is 4.74. The van der Waals surface area contributed by atoms with Gasteiger partial charge >= 0.3 is 6.09 Å². The summed E-state index contributed by atoms with van der Waals surface area (Å²) < 4.78 is 10.4. The van der Waals surface area contributed by atoms with Crippen LogP contribution in [0.2, 0.25) is 5.02 Å². The number of piperazine rings is 1. The number of amides is 1. The topological polar surface area (TPSA) is 74.9 Å². The number of ether oxygens (including phenoxy) is 1. The fourth-order valence-electron chi connectivity index (χ4n) is 3.29. The normalized spacial score (nSPS) is 18.9. The minimum Gasteiger partial charge on any atom is -0.448 e. The number of aromatic nitrogens is 2. The van der Waals surface area contributed by atoms with E-state index in [1.54, 1.807) is 4.90 Å². The summed E-state index contributed by atoms with van der Waals surface area (Å²) in [6.07, 6.45) is -0.193. The van der Waals surface area contributed by atoms with Crippen LogP contribution in [0.5, 0.6) is 0 Å². The van der Waals surface area contributed by atoms with Gasteiger partial charge in [0.15, 0.2) is 0 Å². The Morgan fingerprint density at radius 2 is 1.74 bits per heavy atom. The molecule has 1 aromatic carbocycles. The highest BCUT2D eigenvalue weighted by atomic mass is 35.5. The molecule has 27 heavy (non-hydrogen) atoms. The Morgan fingerprint density at radius 1 is 1.00 bits per heavy atom.